The predicted molar refractivity (Wildman–Crippen MR) is 122 cm³/mol. The lowest BCUT2D eigenvalue weighted by Gasteiger charge is -2.14. The van der Waals surface area contributed by atoms with Gasteiger partial charge in [0.1, 0.15) is 23.6 Å². The van der Waals surface area contributed by atoms with Crippen molar-refractivity contribution in [2.24, 2.45) is 5.73 Å². The van der Waals surface area contributed by atoms with Gasteiger partial charge in [0.2, 0.25) is 0 Å². The van der Waals surface area contributed by atoms with E-state index in [1.807, 2.05) is 54.6 Å². The van der Waals surface area contributed by atoms with Gasteiger partial charge in [-0.1, -0.05) is 42.5 Å². The third-order valence-corrected chi connectivity index (χ3v) is 4.77. The molecule has 31 heavy (non-hydrogen) atoms. The molecule has 0 aliphatic rings. The van der Waals surface area contributed by atoms with Crippen molar-refractivity contribution in [1.29, 1.82) is 5.41 Å². The molecule has 6 heteroatoms. The van der Waals surface area contributed by atoms with Gasteiger partial charge >= 0.3 is 0 Å². The standard InChI is InChI=1S/C25H20N4O2/c26-21-14-22(17-8-6-16(15-30)7-9-17)29-24(23(21)25(27)28)18-10-12-20(13-11-18)31-19-4-2-1-3-5-19/h1-15H,(H2,26,29)(H3,27,28). The van der Waals surface area contributed by atoms with E-state index >= 15 is 0 Å². The van der Waals surface area contributed by atoms with Gasteiger partial charge < -0.3 is 16.2 Å². The lowest BCUT2D eigenvalue weighted by molar-refractivity contribution is 0.112. The molecule has 0 amide bonds. The van der Waals surface area contributed by atoms with Crippen molar-refractivity contribution in [3.05, 3.63) is 96.1 Å². The van der Waals surface area contributed by atoms with Gasteiger partial charge in [-0.3, -0.25) is 10.2 Å². The highest BCUT2D eigenvalue weighted by atomic mass is 16.5. The topological polar surface area (TPSA) is 115 Å². The second-order valence-electron chi connectivity index (χ2n) is 6.91. The molecule has 0 saturated heterocycles. The van der Waals surface area contributed by atoms with E-state index in [0.717, 1.165) is 23.2 Å². The van der Waals surface area contributed by atoms with Crippen molar-refractivity contribution in [2.45, 2.75) is 0 Å². The molecule has 0 unspecified atom stereocenters. The maximum absolute atomic E-state index is 10.9. The van der Waals surface area contributed by atoms with Crippen LogP contribution in [0, 0.1) is 5.41 Å². The van der Waals surface area contributed by atoms with Crippen molar-refractivity contribution in [1.82, 2.24) is 4.98 Å². The van der Waals surface area contributed by atoms with Crippen LogP contribution in [0.2, 0.25) is 0 Å². The molecule has 0 atom stereocenters. The summed E-state index contributed by atoms with van der Waals surface area (Å²) in [7, 11) is 0. The molecule has 0 aliphatic carbocycles. The molecule has 152 valence electrons. The zero-order valence-electron chi connectivity index (χ0n) is 16.6. The minimum absolute atomic E-state index is 0.160. The van der Waals surface area contributed by atoms with Gasteiger partial charge in [-0.2, -0.15) is 0 Å². The van der Waals surface area contributed by atoms with E-state index in [2.05, 4.69) is 0 Å². The minimum atomic E-state index is -0.160. The summed E-state index contributed by atoms with van der Waals surface area (Å²) in [6.07, 6.45) is 0.787. The molecule has 1 heterocycles. The number of benzene rings is 3. The van der Waals surface area contributed by atoms with Gasteiger partial charge in [0.25, 0.3) is 0 Å². The number of carbonyl (C=O) groups is 1. The Kier molecular flexibility index (Phi) is 5.45. The number of ether oxygens (including phenoxy) is 1. The van der Waals surface area contributed by atoms with E-state index in [1.54, 1.807) is 30.3 Å². The van der Waals surface area contributed by atoms with E-state index in [4.69, 9.17) is 26.6 Å². The Labute approximate surface area is 179 Å². The number of nitrogen functional groups attached to an aromatic ring is 2. The number of pyridine rings is 1. The molecule has 0 spiro atoms. The molecule has 0 fully saturated rings. The first-order chi connectivity index (χ1) is 15.0. The summed E-state index contributed by atoms with van der Waals surface area (Å²) in [4.78, 5) is 15.7. The molecular weight excluding hydrogens is 388 g/mol. The van der Waals surface area contributed by atoms with E-state index in [9.17, 15) is 4.79 Å². The quantitative estimate of drug-likeness (QED) is 0.239. The summed E-state index contributed by atoms with van der Waals surface area (Å²) in [6, 6.07) is 25.6. The van der Waals surface area contributed by atoms with Gasteiger partial charge in [0.05, 0.1) is 17.0 Å². The first-order valence-corrected chi connectivity index (χ1v) is 9.59. The number of nitrogens with zero attached hydrogens (tertiary/aromatic N) is 1. The van der Waals surface area contributed by atoms with Gasteiger partial charge in [0, 0.05) is 22.4 Å². The molecule has 0 bridgehead atoms. The second kappa shape index (κ2) is 8.51. The number of hydrogen-bond acceptors (Lipinski definition) is 5. The molecule has 0 radical (unpaired) electrons. The monoisotopic (exact) mass is 408 g/mol. The third-order valence-electron chi connectivity index (χ3n) is 4.77. The van der Waals surface area contributed by atoms with Crippen LogP contribution in [0.25, 0.3) is 22.5 Å². The van der Waals surface area contributed by atoms with Crippen LogP contribution in [-0.2, 0) is 0 Å². The fraction of sp³-hybridized carbons (Fsp3) is 0. The molecule has 4 aromatic rings. The Morgan fingerprint density at radius 1 is 0.871 bits per heavy atom. The maximum Gasteiger partial charge on any atom is 0.150 e. The van der Waals surface area contributed by atoms with Gasteiger partial charge in [-0.15, -0.1) is 0 Å². The van der Waals surface area contributed by atoms with Crippen molar-refractivity contribution in [3.63, 3.8) is 0 Å². The van der Waals surface area contributed by atoms with Crippen LogP contribution in [0.15, 0.2) is 84.9 Å². The molecule has 5 N–H and O–H groups in total. The van der Waals surface area contributed by atoms with Gasteiger partial charge in [0.15, 0.2) is 0 Å². The Balaban J connectivity index is 1.74. The Morgan fingerprint density at radius 2 is 1.48 bits per heavy atom. The van der Waals surface area contributed by atoms with Crippen molar-refractivity contribution in [3.8, 4) is 34.0 Å². The van der Waals surface area contributed by atoms with Crippen LogP contribution in [0.3, 0.4) is 0 Å². The van der Waals surface area contributed by atoms with Crippen molar-refractivity contribution < 1.29 is 9.53 Å². The fourth-order valence-corrected chi connectivity index (χ4v) is 3.24. The van der Waals surface area contributed by atoms with Crippen molar-refractivity contribution >= 4 is 17.8 Å². The molecule has 0 saturated carbocycles. The Hall–Kier alpha value is -4.45. The van der Waals surface area contributed by atoms with E-state index in [-0.39, 0.29) is 5.84 Å². The average molecular weight is 408 g/mol. The lowest BCUT2D eigenvalue weighted by Crippen LogP contribution is -2.16. The molecular formula is C25H20N4O2. The van der Waals surface area contributed by atoms with Crippen LogP contribution >= 0.6 is 0 Å². The second-order valence-corrected chi connectivity index (χ2v) is 6.91. The highest BCUT2D eigenvalue weighted by molar-refractivity contribution is 6.05. The van der Waals surface area contributed by atoms with Crippen LogP contribution in [0.5, 0.6) is 11.5 Å². The van der Waals surface area contributed by atoms with Gasteiger partial charge in [-0.25, -0.2) is 4.98 Å². The summed E-state index contributed by atoms with van der Waals surface area (Å²) in [5.74, 6) is 1.25. The van der Waals surface area contributed by atoms with Crippen LogP contribution < -0.4 is 16.2 Å². The van der Waals surface area contributed by atoms with Crippen molar-refractivity contribution in [2.75, 3.05) is 5.73 Å². The SMILES string of the molecule is N=C(N)c1c(N)cc(-c2ccc(C=O)cc2)nc1-c1ccc(Oc2ccccc2)cc1. The smallest absolute Gasteiger partial charge is 0.150 e. The number of amidine groups is 1. The number of rotatable bonds is 6. The number of aromatic nitrogens is 1. The maximum atomic E-state index is 10.9. The van der Waals surface area contributed by atoms with E-state index in [1.165, 1.54) is 0 Å². The van der Waals surface area contributed by atoms with Gasteiger partial charge in [-0.05, 0) is 42.5 Å². The summed E-state index contributed by atoms with van der Waals surface area (Å²) in [5.41, 5.74) is 16.1. The summed E-state index contributed by atoms with van der Waals surface area (Å²) in [6.45, 7) is 0. The zero-order chi connectivity index (χ0) is 21.8. The number of carbonyl (C=O) groups excluding carboxylic acids is 1. The number of anilines is 1. The van der Waals surface area contributed by atoms with E-state index < -0.39 is 0 Å². The predicted octanol–water partition coefficient (Wildman–Crippen LogP) is 4.89. The normalized spacial score (nSPS) is 10.5. The zero-order valence-corrected chi connectivity index (χ0v) is 16.6. The number of para-hydroxylation sites is 1. The van der Waals surface area contributed by atoms with E-state index in [0.29, 0.717) is 34.0 Å². The average Bonchev–Trinajstić information content (AvgIpc) is 2.79. The summed E-state index contributed by atoms with van der Waals surface area (Å²) < 4.78 is 5.84. The van der Waals surface area contributed by atoms with Crippen LogP contribution in [-0.4, -0.2) is 17.1 Å². The Morgan fingerprint density at radius 3 is 2.10 bits per heavy atom. The molecule has 0 aliphatic heterocycles. The highest BCUT2D eigenvalue weighted by Crippen LogP contribution is 2.32. The summed E-state index contributed by atoms with van der Waals surface area (Å²) >= 11 is 0. The Bertz CT molecular complexity index is 1240. The number of nitrogens with one attached hydrogen (secondary N) is 1. The number of hydrogen-bond donors (Lipinski definition) is 3. The lowest BCUT2D eigenvalue weighted by atomic mass is 10.0. The minimum Gasteiger partial charge on any atom is -0.457 e. The molecule has 4 rings (SSSR count). The largest absolute Gasteiger partial charge is 0.457 e. The number of nitrogens with two attached hydrogens (primary N) is 2. The molecule has 6 nitrogen and oxygen atoms in total. The summed E-state index contributed by atoms with van der Waals surface area (Å²) in [5, 5.41) is 7.98. The fourth-order valence-electron chi connectivity index (χ4n) is 3.24. The third kappa shape index (κ3) is 4.28. The number of aldehydes is 1. The first-order valence-electron chi connectivity index (χ1n) is 9.59. The van der Waals surface area contributed by atoms with Crippen LogP contribution in [0.4, 0.5) is 5.69 Å². The molecule has 3 aromatic carbocycles. The molecule has 1 aromatic heterocycles. The highest BCUT2D eigenvalue weighted by Gasteiger charge is 2.16. The van der Waals surface area contributed by atoms with Crippen LogP contribution in [0.1, 0.15) is 15.9 Å². The first kappa shape index (κ1) is 19.8.